The first-order valence-corrected chi connectivity index (χ1v) is 5.20. The fourth-order valence-corrected chi connectivity index (χ4v) is 1.53. The summed E-state index contributed by atoms with van der Waals surface area (Å²) < 4.78 is 17.2. The number of carbonyl (C=O) groups excluding carboxylic acids is 1. The summed E-state index contributed by atoms with van der Waals surface area (Å²) >= 11 is 0. The molecule has 7 heteroatoms. The van der Waals surface area contributed by atoms with Gasteiger partial charge in [-0.05, 0) is 17.7 Å². The van der Waals surface area contributed by atoms with Gasteiger partial charge in [0, 0.05) is 0 Å². The van der Waals surface area contributed by atoms with Gasteiger partial charge in [0.1, 0.15) is 11.4 Å². The summed E-state index contributed by atoms with van der Waals surface area (Å²) in [5.41, 5.74) is -0.587. The van der Waals surface area contributed by atoms with Crippen molar-refractivity contribution in [3.63, 3.8) is 0 Å². The van der Waals surface area contributed by atoms with E-state index < -0.39 is 29.1 Å². The summed E-state index contributed by atoms with van der Waals surface area (Å²) in [7, 11) is 1.12. The number of hydrogen-bond donors (Lipinski definition) is 2. The van der Waals surface area contributed by atoms with Crippen LogP contribution >= 0.6 is 0 Å². The lowest BCUT2D eigenvalue weighted by atomic mass is 10.1. The molecule has 2 rings (SSSR count). The first-order chi connectivity index (χ1) is 9.02. The molecule has 2 N–H and O–H groups in total. The highest BCUT2D eigenvalue weighted by Crippen LogP contribution is 2.23. The number of nitrogens with one attached hydrogen (secondary N) is 1. The van der Waals surface area contributed by atoms with Crippen LogP contribution in [0.4, 0.5) is 4.39 Å². The number of methoxy groups -OCH3 is 1. The molecule has 0 atom stereocenters. The van der Waals surface area contributed by atoms with Crippen molar-refractivity contribution < 1.29 is 19.0 Å². The summed E-state index contributed by atoms with van der Waals surface area (Å²) in [6.07, 6.45) is 0. The van der Waals surface area contributed by atoms with Crippen LogP contribution in [-0.2, 0) is 4.74 Å². The summed E-state index contributed by atoms with van der Waals surface area (Å²) in [4.78, 5) is 28.7. The zero-order valence-electron chi connectivity index (χ0n) is 9.81. The second-order valence-electron chi connectivity index (χ2n) is 3.61. The number of hydrogen-bond acceptors (Lipinski definition) is 5. The standard InChI is InChI=1S/C12H9FN2O4/c1-19-12(18)9-14-10(16)8(11(17)15-9)6-2-4-7(13)5-3-6/h2-5H,1H3,(H2,14,15,16,17). The molecule has 0 aliphatic rings. The molecule has 0 bridgehead atoms. The van der Waals surface area contributed by atoms with Gasteiger partial charge in [0.2, 0.25) is 11.7 Å². The van der Waals surface area contributed by atoms with Gasteiger partial charge in [-0.25, -0.2) is 9.18 Å². The summed E-state index contributed by atoms with van der Waals surface area (Å²) in [6, 6.07) is 4.92. The first-order valence-electron chi connectivity index (χ1n) is 5.20. The molecule has 1 aromatic heterocycles. The number of rotatable bonds is 2. The lowest BCUT2D eigenvalue weighted by molar-refractivity contribution is 0.0585. The Morgan fingerprint density at radius 3 is 2.53 bits per heavy atom. The van der Waals surface area contributed by atoms with Gasteiger partial charge in [-0.2, -0.15) is 4.98 Å². The molecule has 0 aliphatic heterocycles. The van der Waals surface area contributed by atoms with E-state index >= 15 is 0 Å². The van der Waals surface area contributed by atoms with Crippen molar-refractivity contribution in [3.8, 4) is 17.0 Å². The van der Waals surface area contributed by atoms with E-state index in [4.69, 9.17) is 0 Å². The normalized spacial score (nSPS) is 10.2. The van der Waals surface area contributed by atoms with Crippen LogP contribution in [0.1, 0.15) is 10.6 Å². The summed E-state index contributed by atoms with van der Waals surface area (Å²) in [5.74, 6) is -2.39. The molecule has 1 aromatic carbocycles. The molecule has 0 saturated carbocycles. The molecular weight excluding hydrogens is 255 g/mol. The van der Waals surface area contributed by atoms with E-state index in [1.54, 1.807) is 0 Å². The maximum atomic E-state index is 12.8. The second kappa shape index (κ2) is 4.89. The maximum absolute atomic E-state index is 12.8. The third kappa shape index (κ3) is 2.44. The molecule has 19 heavy (non-hydrogen) atoms. The Balaban J connectivity index is 2.57. The Kier molecular flexibility index (Phi) is 3.28. The number of benzene rings is 1. The largest absolute Gasteiger partial charge is 0.493 e. The molecule has 0 amide bonds. The molecule has 0 unspecified atom stereocenters. The fraction of sp³-hybridized carbons (Fsp3) is 0.0833. The second-order valence-corrected chi connectivity index (χ2v) is 3.61. The van der Waals surface area contributed by atoms with Crippen LogP contribution in [0.2, 0.25) is 0 Å². The van der Waals surface area contributed by atoms with Gasteiger partial charge in [0.05, 0.1) is 7.11 Å². The zero-order chi connectivity index (χ0) is 14.0. The highest BCUT2D eigenvalue weighted by molar-refractivity contribution is 5.85. The van der Waals surface area contributed by atoms with Crippen LogP contribution < -0.4 is 5.56 Å². The molecule has 0 fully saturated rings. The number of carbonyl (C=O) groups is 1. The Morgan fingerprint density at radius 2 is 2.00 bits per heavy atom. The van der Waals surface area contributed by atoms with Gasteiger partial charge in [-0.3, -0.25) is 4.79 Å². The minimum Gasteiger partial charge on any atom is -0.493 e. The van der Waals surface area contributed by atoms with Gasteiger partial charge in [0.15, 0.2) is 0 Å². The van der Waals surface area contributed by atoms with Gasteiger partial charge < -0.3 is 14.8 Å². The highest BCUT2D eigenvalue weighted by atomic mass is 19.1. The fourth-order valence-electron chi connectivity index (χ4n) is 1.53. The predicted octanol–water partition coefficient (Wildman–Crippen LogP) is 1.07. The van der Waals surface area contributed by atoms with Crippen molar-refractivity contribution in [2.75, 3.05) is 7.11 Å². The zero-order valence-corrected chi connectivity index (χ0v) is 9.81. The molecule has 0 spiro atoms. The number of aromatic hydroxyl groups is 1. The maximum Gasteiger partial charge on any atom is 0.374 e. The molecule has 0 saturated heterocycles. The van der Waals surface area contributed by atoms with Crippen LogP contribution in [0.3, 0.4) is 0 Å². The van der Waals surface area contributed by atoms with Gasteiger partial charge in [0.25, 0.3) is 5.56 Å². The molecule has 0 aliphatic carbocycles. The monoisotopic (exact) mass is 264 g/mol. The van der Waals surface area contributed by atoms with Crippen molar-refractivity contribution in [2.45, 2.75) is 0 Å². The van der Waals surface area contributed by atoms with E-state index in [9.17, 15) is 19.1 Å². The Morgan fingerprint density at radius 1 is 1.37 bits per heavy atom. The van der Waals surface area contributed by atoms with Gasteiger partial charge in [-0.15, -0.1) is 0 Å². The number of esters is 1. The number of halogens is 1. The molecule has 6 nitrogen and oxygen atoms in total. The van der Waals surface area contributed by atoms with E-state index in [-0.39, 0.29) is 11.1 Å². The van der Waals surface area contributed by atoms with Crippen molar-refractivity contribution in [2.24, 2.45) is 0 Å². The van der Waals surface area contributed by atoms with Crippen LogP contribution in [0.5, 0.6) is 5.88 Å². The SMILES string of the molecule is COC(=O)c1nc(O)c(-c2ccc(F)cc2)c(=O)[nH]1. The predicted molar refractivity (Wildman–Crippen MR) is 63.3 cm³/mol. The van der Waals surface area contributed by atoms with Crippen LogP contribution in [0.25, 0.3) is 11.1 Å². The third-order valence-corrected chi connectivity index (χ3v) is 2.41. The summed E-state index contributed by atoms with van der Waals surface area (Å²) in [6.45, 7) is 0. The quantitative estimate of drug-likeness (QED) is 0.791. The lowest BCUT2D eigenvalue weighted by Gasteiger charge is -2.05. The van der Waals surface area contributed by atoms with E-state index in [2.05, 4.69) is 14.7 Å². The number of ether oxygens (including phenoxy) is 1. The molecule has 98 valence electrons. The Bertz CT molecular complexity index is 679. The Labute approximate surface area is 106 Å². The average molecular weight is 264 g/mol. The highest BCUT2D eigenvalue weighted by Gasteiger charge is 2.17. The van der Waals surface area contributed by atoms with E-state index in [1.165, 1.54) is 12.1 Å². The topological polar surface area (TPSA) is 92.3 Å². The number of aromatic nitrogens is 2. The number of H-pyrrole nitrogens is 1. The van der Waals surface area contributed by atoms with E-state index in [0.29, 0.717) is 0 Å². The van der Waals surface area contributed by atoms with Gasteiger partial charge >= 0.3 is 5.97 Å². The third-order valence-electron chi connectivity index (χ3n) is 2.41. The van der Waals surface area contributed by atoms with Crippen molar-refractivity contribution in [1.82, 2.24) is 9.97 Å². The molecule has 0 radical (unpaired) electrons. The first kappa shape index (κ1) is 12.7. The minimum atomic E-state index is -0.877. The molecule has 1 heterocycles. The smallest absolute Gasteiger partial charge is 0.374 e. The Hall–Kier alpha value is -2.70. The van der Waals surface area contributed by atoms with Crippen molar-refractivity contribution in [3.05, 3.63) is 46.3 Å². The van der Waals surface area contributed by atoms with Crippen molar-refractivity contribution >= 4 is 5.97 Å². The number of aromatic amines is 1. The molecular formula is C12H9FN2O4. The van der Waals surface area contributed by atoms with Crippen LogP contribution in [0.15, 0.2) is 29.1 Å². The number of nitrogens with zero attached hydrogens (tertiary/aromatic N) is 1. The van der Waals surface area contributed by atoms with Crippen LogP contribution in [-0.4, -0.2) is 28.2 Å². The molecule has 2 aromatic rings. The van der Waals surface area contributed by atoms with E-state index in [0.717, 1.165) is 19.2 Å². The lowest BCUT2D eigenvalue weighted by Crippen LogP contribution is -2.18. The van der Waals surface area contributed by atoms with E-state index in [1.807, 2.05) is 0 Å². The van der Waals surface area contributed by atoms with Crippen molar-refractivity contribution in [1.29, 1.82) is 0 Å². The average Bonchev–Trinajstić information content (AvgIpc) is 2.39. The minimum absolute atomic E-state index is 0.146. The van der Waals surface area contributed by atoms with Crippen LogP contribution in [0, 0.1) is 5.82 Å². The summed E-state index contributed by atoms with van der Waals surface area (Å²) in [5, 5.41) is 9.71. The van der Waals surface area contributed by atoms with Gasteiger partial charge in [-0.1, -0.05) is 12.1 Å².